The number of aromatic amines is 1. The van der Waals surface area contributed by atoms with Gasteiger partial charge in [-0.25, -0.2) is 4.98 Å². The Balaban J connectivity index is 1.74. The Labute approximate surface area is 88.7 Å². The summed E-state index contributed by atoms with van der Waals surface area (Å²) in [5.74, 6) is 1.98. The molecule has 0 aromatic carbocycles. The van der Waals surface area contributed by atoms with Gasteiger partial charge in [-0.15, -0.1) is 0 Å². The molecule has 0 aliphatic rings. The quantitative estimate of drug-likeness (QED) is 0.783. The molecule has 1 atom stereocenters. The number of H-pyrrole nitrogens is 1. The van der Waals surface area contributed by atoms with Gasteiger partial charge in [-0.3, -0.25) is 0 Å². The van der Waals surface area contributed by atoms with Gasteiger partial charge in [0.15, 0.2) is 0 Å². The first-order valence-electron chi connectivity index (χ1n) is 5.11. The van der Waals surface area contributed by atoms with Crippen molar-refractivity contribution in [1.29, 1.82) is 0 Å². The lowest BCUT2D eigenvalue weighted by molar-refractivity contribution is 0.432. The number of aromatic nitrogens is 2. The average Bonchev–Trinajstić information content (AvgIpc) is 2.90. The summed E-state index contributed by atoms with van der Waals surface area (Å²) in [5, 5.41) is 3.37. The fraction of sp³-hybridized carbons (Fsp3) is 0.364. The molecule has 2 N–H and O–H groups in total. The van der Waals surface area contributed by atoms with Gasteiger partial charge >= 0.3 is 0 Å². The minimum Gasteiger partial charge on any atom is -0.468 e. The van der Waals surface area contributed by atoms with Gasteiger partial charge in [0.2, 0.25) is 0 Å². The van der Waals surface area contributed by atoms with Gasteiger partial charge in [0.05, 0.1) is 12.3 Å². The van der Waals surface area contributed by atoms with E-state index in [0.717, 1.165) is 24.6 Å². The van der Waals surface area contributed by atoms with Gasteiger partial charge in [-0.1, -0.05) is 0 Å². The van der Waals surface area contributed by atoms with E-state index < -0.39 is 0 Å². The lowest BCUT2D eigenvalue weighted by atomic mass is 10.2. The molecular weight excluding hydrogens is 190 g/mol. The number of nitrogens with zero attached hydrogens (tertiary/aromatic N) is 1. The Bertz CT molecular complexity index is 366. The van der Waals surface area contributed by atoms with Crippen LogP contribution in [-0.2, 0) is 6.42 Å². The van der Waals surface area contributed by atoms with Crippen LogP contribution in [0.1, 0.15) is 24.6 Å². The standard InChI is InChI=1S/C11H15N3O/c1-9(10-3-2-8-15-10)12-5-4-11-13-6-7-14-11/h2-3,6-9,12H,4-5H2,1H3,(H,13,14). The Morgan fingerprint density at radius 1 is 1.60 bits per heavy atom. The summed E-state index contributed by atoms with van der Waals surface area (Å²) in [6.07, 6.45) is 6.20. The van der Waals surface area contributed by atoms with Crippen LogP contribution in [0.15, 0.2) is 35.2 Å². The molecule has 0 spiro atoms. The maximum Gasteiger partial charge on any atom is 0.120 e. The third kappa shape index (κ3) is 2.70. The molecule has 2 aromatic heterocycles. The van der Waals surface area contributed by atoms with Crippen LogP contribution in [-0.4, -0.2) is 16.5 Å². The van der Waals surface area contributed by atoms with E-state index in [1.54, 1.807) is 12.5 Å². The van der Waals surface area contributed by atoms with E-state index in [9.17, 15) is 0 Å². The number of hydrogen-bond acceptors (Lipinski definition) is 3. The number of rotatable bonds is 5. The van der Waals surface area contributed by atoms with Crippen LogP contribution < -0.4 is 5.32 Å². The fourth-order valence-electron chi connectivity index (χ4n) is 1.48. The molecule has 0 saturated carbocycles. The van der Waals surface area contributed by atoms with E-state index >= 15 is 0 Å². The second-order valence-electron chi connectivity index (χ2n) is 3.48. The molecule has 0 aliphatic heterocycles. The van der Waals surface area contributed by atoms with Gasteiger partial charge in [0, 0.05) is 25.4 Å². The average molecular weight is 205 g/mol. The summed E-state index contributed by atoms with van der Waals surface area (Å²) in [6.45, 7) is 2.97. The van der Waals surface area contributed by atoms with E-state index in [0.29, 0.717) is 0 Å². The minimum atomic E-state index is 0.245. The molecule has 4 nitrogen and oxygen atoms in total. The highest BCUT2D eigenvalue weighted by Gasteiger charge is 2.06. The third-order valence-electron chi connectivity index (χ3n) is 2.34. The zero-order chi connectivity index (χ0) is 10.5. The zero-order valence-corrected chi connectivity index (χ0v) is 8.73. The van der Waals surface area contributed by atoms with Crippen molar-refractivity contribution in [2.75, 3.05) is 6.54 Å². The Morgan fingerprint density at radius 3 is 3.20 bits per heavy atom. The second-order valence-corrected chi connectivity index (χ2v) is 3.48. The molecule has 2 aromatic rings. The summed E-state index contributed by atoms with van der Waals surface area (Å²) in [6, 6.07) is 4.12. The van der Waals surface area contributed by atoms with Gasteiger partial charge in [-0.05, 0) is 19.1 Å². The van der Waals surface area contributed by atoms with Crippen LogP contribution in [0, 0.1) is 0 Å². The number of imidazole rings is 1. The molecule has 0 fully saturated rings. The number of furan rings is 1. The van der Waals surface area contributed by atoms with Crippen LogP contribution in [0.25, 0.3) is 0 Å². The Morgan fingerprint density at radius 2 is 2.53 bits per heavy atom. The van der Waals surface area contributed by atoms with Crippen LogP contribution in [0.2, 0.25) is 0 Å². The van der Waals surface area contributed by atoms with Crippen molar-refractivity contribution in [1.82, 2.24) is 15.3 Å². The SMILES string of the molecule is CC(NCCc1ncc[nH]1)c1ccco1. The molecule has 15 heavy (non-hydrogen) atoms. The number of hydrogen-bond donors (Lipinski definition) is 2. The number of nitrogens with one attached hydrogen (secondary N) is 2. The molecule has 4 heteroatoms. The lowest BCUT2D eigenvalue weighted by Gasteiger charge is -2.09. The maximum atomic E-state index is 5.30. The highest BCUT2D eigenvalue weighted by atomic mass is 16.3. The minimum absolute atomic E-state index is 0.245. The first kappa shape index (κ1) is 9.98. The summed E-state index contributed by atoms with van der Waals surface area (Å²) in [5.41, 5.74) is 0. The van der Waals surface area contributed by atoms with Crippen molar-refractivity contribution in [3.8, 4) is 0 Å². The smallest absolute Gasteiger partial charge is 0.120 e. The molecule has 0 radical (unpaired) electrons. The first-order chi connectivity index (χ1) is 7.36. The van der Waals surface area contributed by atoms with Crippen molar-refractivity contribution in [2.24, 2.45) is 0 Å². The van der Waals surface area contributed by atoms with Gasteiger partial charge in [-0.2, -0.15) is 0 Å². The fourth-order valence-corrected chi connectivity index (χ4v) is 1.48. The largest absolute Gasteiger partial charge is 0.468 e. The van der Waals surface area contributed by atoms with Crippen LogP contribution in [0.4, 0.5) is 0 Å². The first-order valence-corrected chi connectivity index (χ1v) is 5.11. The van der Waals surface area contributed by atoms with E-state index in [2.05, 4.69) is 22.2 Å². The molecule has 0 amide bonds. The molecule has 0 bridgehead atoms. The second kappa shape index (κ2) is 4.79. The summed E-state index contributed by atoms with van der Waals surface area (Å²) in [4.78, 5) is 7.23. The van der Waals surface area contributed by atoms with Gasteiger partial charge in [0.25, 0.3) is 0 Å². The van der Waals surface area contributed by atoms with Crippen molar-refractivity contribution in [3.05, 3.63) is 42.4 Å². The van der Waals surface area contributed by atoms with Crippen LogP contribution in [0.5, 0.6) is 0 Å². The van der Waals surface area contributed by atoms with Gasteiger partial charge in [0.1, 0.15) is 11.6 Å². The van der Waals surface area contributed by atoms with E-state index in [1.807, 2.05) is 18.3 Å². The highest BCUT2D eigenvalue weighted by Crippen LogP contribution is 2.11. The molecule has 2 rings (SSSR count). The predicted octanol–water partition coefficient (Wildman–Crippen LogP) is 1.90. The maximum absolute atomic E-state index is 5.30. The summed E-state index contributed by atoms with van der Waals surface area (Å²) < 4.78 is 5.30. The Hall–Kier alpha value is -1.55. The monoisotopic (exact) mass is 205 g/mol. The summed E-state index contributed by atoms with van der Waals surface area (Å²) >= 11 is 0. The molecular formula is C11H15N3O. The van der Waals surface area contributed by atoms with Crippen molar-refractivity contribution < 1.29 is 4.42 Å². The molecule has 80 valence electrons. The molecule has 0 saturated heterocycles. The van der Waals surface area contributed by atoms with Crippen LogP contribution >= 0.6 is 0 Å². The highest BCUT2D eigenvalue weighted by molar-refractivity contribution is 5.03. The third-order valence-corrected chi connectivity index (χ3v) is 2.34. The molecule has 0 aliphatic carbocycles. The predicted molar refractivity (Wildman–Crippen MR) is 57.4 cm³/mol. The lowest BCUT2D eigenvalue weighted by Crippen LogP contribution is -2.21. The zero-order valence-electron chi connectivity index (χ0n) is 8.73. The summed E-state index contributed by atoms with van der Waals surface area (Å²) in [7, 11) is 0. The normalized spacial score (nSPS) is 12.9. The Kier molecular flexibility index (Phi) is 3.19. The van der Waals surface area contributed by atoms with Crippen molar-refractivity contribution in [2.45, 2.75) is 19.4 Å². The van der Waals surface area contributed by atoms with E-state index in [1.165, 1.54) is 0 Å². The van der Waals surface area contributed by atoms with Crippen molar-refractivity contribution in [3.63, 3.8) is 0 Å². The van der Waals surface area contributed by atoms with E-state index in [-0.39, 0.29) is 6.04 Å². The van der Waals surface area contributed by atoms with Crippen molar-refractivity contribution >= 4 is 0 Å². The van der Waals surface area contributed by atoms with E-state index in [4.69, 9.17) is 4.42 Å². The van der Waals surface area contributed by atoms with Crippen LogP contribution in [0.3, 0.4) is 0 Å². The topological polar surface area (TPSA) is 53.9 Å². The molecule has 2 heterocycles. The molecule has 1 unspecified atom stereocenters. The van der Waals surface area contributed by atoms with Gasteiger partial charge < -0.3 is 14.7 Å².